The summed E-state index contributed by atoms with van der Waals surface area (Å²) >= 11 is 0. The molecule has 1 nitrogen and oxygen atoms in total. The van der Waals surface area contributed by atoms with E-state index in [0.717, 1.165) is 17.1 Å². The Balaban J connectivity index is 1.09. The van der Waals surface area contributed by atoms with Crippen LogP contribution in [0, 0.1) is 0 Å². The van der Waals surface area contributed by atoms with Crippen molar-refractivity contribution in [3.8, 4) is 22.3 Å². The van der Waals surface area contributed by atoms with Crippen molar-refractivity contribution in [1.29, 1.82) is 0 Å². The van der Waals surface area contributed by atoms with Gasteiger partial charge in [-0.15, -0.1) is 0 Å². The average Bonchev–Trinajstić information content (AvgIpc) is 3.70. The minimum Gasteiger partial charge on any atom is -0.310 e. The Morgan fingerprint density at radius 2 is 0.729 bits per heavy atom. The van der Waals surface area contributed by atoms with E-state index in [0.29, 0.717) is 0 Å². The summed E-state index contributed by atoms with van der Waals surface area (Å²) in [6, 6.07) is 79.4. The van der Waals surface area contributed by atoms with Gasteiger partial charge in [-0.25, -0.2) is 0 Å². The lowest BCUT2D eigenvalue weighted by atomic mass is 9.67. The second kappa shape index (κ2) is 12.6. The molecule has 2 aliphatic rings. The third-order valence-electron chi connectivity index (χ3n) is 13.4. The first-order valence-corrected chi connectivity index (χ1v) is 20.7. The van der Waals surface area contributed by atoms with E-state index in [1.54, 1.807) is 0 Å². The van der Waals surface area contributed by atoms with Crippen LogP contribution in [-0.4, -0.2) is 0 Å². The summed E-state index contributed by atoms with van der Waals surface area (Å²) in [6.07, 6.45) is 0. The van der Waals surface area contributed by atoms with Crippen molar-refractivity contribution in [3.05, 3.63) is 246 Å². The Kier molecular flexibility index (Phi) is 7.26. The van der Waals surface area contributed by atoms with Crippen molar-refractivity contribution in [1.82, 2.24) is 0 Å². The van der Waals surface area contributed by atoms with E-state index < -0.39 is 5.41 Å². The number of nitrogens with zero attached hydrogens (tertiary/aromatic N) is 1. The predicted molar refractivity (Wildman–Crippen MR) is 249 cm³/mol. The SMILES string of the molecule is CC1(C)c2cc3ccccc3cc2-c2cc3ccc(N(c4ccc5c(c4)C(c4ccccc4)(c4ccccc4)c4ccccc4-5)c4ccc5ccccc5c4)cc3cc21. The van der Waals surface area contributed by atoms with Crippen LogP contribution in [0.25, 0.3) is 54.6 Å². The number of fused-ring (bicyclic) bond motifs is 9. The van der Waals surface area contributed by atoms with Crippen LogP contribution in [0.4, 0.5) is 17.1 Å². The van der Waals surface area contributed by atoms with Crippen LogP contribution in [-0.2, 0) is 10.8 Å². The summed E-state index contributed by atoms with van der Waals surface area (Å²) in [5, 5.41) is 7.53. The molecule has 0 bridgehead atoms. The van der Waals surface area contributed by atoms with Gasteiger partial charge in [0.05, 0.1) is 5.41 Å². The van der Waals surface area contributed by atoms with Gasteiger partial charge in [0.15, 0.2) is 0 Å². The fourth-order valence-corrected chi connectivity index (χ4v) is 10.6. The Labute approximate surface area is 345 Å². The third kappa shape index (κ3) is 4.92. The molecule has 0 spiro atoms. The molecule has 278 valence electrons. The lowest BCUT2D eigenvalue weighted by molar-refractivity contribution is 0.662. The zero-order chi connectivity index (χ0) is 39.3. The Morgan fingerprint density at radius 1 is 0.288 bits per heavy atom. The normalized spacial score (nSPS) is 14.2. The lowest BCUT2D eigenvalue weighted by Gasteiger charge is -2.35. The third-order valence-corrected chi connectivity index (χ3v) is 13.4. The van der Waals surface area contributed by atoms with Crippen LogP contribution in [0.15, 0.2) is 212 Å². The van der Waals surface area contributed by atoms with Crippen LogP contribution < -0.4 is 4.90 Å². The van der Waals surface area contributed by atoms with E-state index in [2.05, 4.69) is 231 Å². The van der Waals surface area contributed by atoms with Crippen molar-refractivity contribution < 1.29 is 0 Å². The molecule has 0 unspecified atom stereocenters. The molecule has 0 aromatic heterocycles. The predicted octanol–water partition coefficient (Wildman–Crippen LogP) is 15.3. The standard InChI is InChI=1S/C58H41N/c1-57(2)54-35-41-18-12-11-17-40(41)33-51(54)52-34-42-26-28-47(32-43(42)36-55(52)57)59(46-27-25-38-15-9-10-16-39(38)31-46)48-29-30-50-49-23-13-14-24-53(49)58(56(50)37-48,44-19-5-3-6-20-44)45-21-7-4-8-22-45/h3-37H,1-2H3. The highest BCUT2D eigenvalue weighted by atomic mass is 15.1. The second-order valence-electron chi connectivity index (χ2n) is 16.9. The molecule has 0 atom stereocenters. The van der Waals surface area contributed by atoms with Crippen LogP contribution in [0.1, 0.15) is 47.2 Å². The average molecular weight is 752 g/mol. The molecule has 12 rings (SSSR count). The number of rotatable bonds is 5. The molecule has 0 heterocycles. The van der Waals surface area contributed by atoms with Gasteiger partial charge in [0.25, 0.3) is 0 Å². The van der Waals surface area contributed by atoms with E-state index in [4.69, 9.17) is 0 Å². The van der Waals surface area contributed by atoms with E-state index in [1.807, 2.05) is 0 Å². The van der Waals surface area contributed by atoms with Crippen molar-refractivity contribution in [3.63, 3.8) is 0 Å². The number of anilines is 3. The van der Waals surface area contributed by atoms with Crippen LogP contribution in [0.3, 0.4) is 0 Å². The van der Waals surface area contributed by atoms with Crippen LogP contribution >= 0.6 is 0 Å². The van der Waals surface area contributed by atoms with Gasteiger partial charge in [-0.3, -0.25) is 0 Å². The first-order valence-electron chi connectivity index (χ1n) is 20.7. The van der Waals surface area contributed by atoms with Gasteiger partial charge < -0.3 is 4.90 Å². The summed E-state index contributed by atoms with van der Waals surface area (Å²) in [5.41, 5.74) is 16.0. The van der Waals surface area contributed by atoms with Gasteiger partial charge in [0.1, 0.15) is 0 Å². The molecule has 0 amide bonds. The van der Waals surface area contributed by atoms with Crippen molar-refractivity contribution in [2.24, 2.45) is 0 Å². The minimum absolute atomic E-state index is 0.121. The van der Waals surface area contributed by atoms with Gasteiger partial charge in [-0.2, -0.15) is 0 Å². The molecule has 2 aliphatic carbocycles. The molecule has 59 heavy (non-hydrogen) atoms. The highest BCUT2D eigenvalue weighted by molar-refractivity contribution is 6.00. The Hall–Kier alpha value is -7.22. The molecule has 0 aliphatic heterocycles. The zero-order valence-electron chi connectivity index (χ0n) is 33.2. The van der Waals surface area contributed by atoms with E-state index in [-0.39, 0.29) is 5.41 Å². The van der Waals surface area contributed by atoms with Crippen molar-refractivity contribution >= 4 is 49.4 Å². The summed E-state index contributed by atoms with van der Waals surface area (Å²) < 4.78 is 0. The number of hydrogen-bond donors (Lipinski definition) is 0. The second-order valence-corrected chi connectivity index (χ2v) is 16.9. The van der Waals surface area contributed by atoms with Gasteiger partial charge in [0.2, 0.25) is 0 Å². The van der Waals surface area contributed by atoms with Gasteiger partial charge >= 0.3 is 0 Å². The quantitative estimate of drug-likeness (QED) is 0.169. The smallest absolute Gasteiger partial charge is 0.0714 e. The van der Waals surface area contributed by atoms with Gasteiger partial charge in [-0.1, -0.05) is 166 Å². The molecule has 0 fully saturated rings. The Morgan fingerprint density at radius 3 is 1.39 bits per heavy atom. The minimum atomic E-state index is -0.491. The van der Waals surface area contributed by atoms with Crippen LogP contribution in [0.5, 0.6) is 0 Å². The zero-order valence-corrected chi connectivity index (χ0v) is 33.2. The first kappa shape index (κ1) is 33.9. The van der Waals surface area contributed by atoms with Gasteiger partial charge in [0, 0.05) is 22.5 Å². The molecule has 0 radical (unpaired) electrons. The number of hydrogen-bond acceptors (Lipinski definition) is 1. The monoisotopic (exact) mass is 751 g/mol. The molecule has 10 aromatic carbocycles. The fourth-order valence-electron chi connectivity index (χ4n) is 10.6. The molecule has 10 aromatic rings. The molecular formula is C58H41N. The molecule has 0 saturated heterocycles. The maximum atomic E-state index is 2.47. The maximum Gasteiger partial charge on any atom is 0.0714 e. The fraction of sp³-hybridized carbons (Fsp3) is 0.0690. The summed E-state index contributed by atoms with van der Waals surface area (Å²) in [6.45, 7) is 4.77. The maximum absolute atomic E-state index is 2.47. The molecular weight excluding hydrogens is 711 g/mol. The van der Waals surface area contributed by atoms with E-state index in [9.17, 15) is 0 Å². The van der Waals surface area contributed by atoms with Crippen molar-refractivity contribution in [2.45, 2.75) is 24.7 Å². The molecule has 0 N–H and O–H groups in total. The largest absolute Gasteiger partial charge is 0.310 e. The summed E-state index contributed by atoms with van der Waals surface area (Å²) in [5.74, 6) is 0. The van der Waals surface area contributed by atoms with E-state index >= 15 is 0 Å². The van der Waals surface area contributed by atoms with E-state index in [1.165, 1.54) is 88.0 Å². The Bertz CT molecular complexity index is 3260. The number of benzene rings is 10. The summed E-state index contributed by atoms with van der Waals surface area (Å²) in [7, 11) is 0. The highest BCUT2D eigenvalue weighted by Gasteiger charge is 2.46. The highest BCUT2D eigenvalue weighted by Crippen LogP contribution is 2.57. The summed E-state index contributed by atoms with van der Waals surface area (Å²) in [4.78, 5) is 2.47. The molecule has 1 heteroatoms. The first-order chi connectivity index (χ1) is 29.0. The molecule has 0 saturated carbocycles. The lowest BCUT2D eigenvalue weighted by Crippen LogP contribution is -2.28. The van der Waals surface area contributed by atoms with Crippen LogP contribution in [0.2, 0.25) is 0 Å². The topological polar surface area (TPSA) is 3.24 Å². The van der Waals surface area contributed by atoms with Crippen molar-refractivity contribution in [2.75, 3.05) is 4.90 Å². The van der Waals surface area contributed by atoms with Gasteiger partial charge in [-0.05, 0) is 149 Å².